The molecule has 4 nitrogen and oxygen atoms in total. The minimum atomic E-state index is 0. The van der Waals surface area contributed by atoms with Crippen LogP contribution in [-0.2, 0) is 4.79 Å². The zero-order chi connectivity index (χ0) is 11.8. The molecule has 0 rings (SSSR count). The number of nitrogens with zero attached hydrogens (tertiary/aromatic N) is 1. The Labute approximate surface area is 106 Å². The lowest BCUT2D eigenvalue weighted by atomic mass is 10.2. The molecular formula is C11H26ClN3O. The van der Waals surface area contributed by atoms with Gasteiger partial charge in [0.25, 0.3) is 0 Å². The second kappa shape index (κ2) is 9.87. The number of carbonyl (C=O) groups excluding carboxylic acids is 1. The van der Waals surface area contributed by atoms with Crippen LogP contribution in [0.1, 0.15) is 27.7 Å². The van der Waals surface area contributed by atoms with Crippen molar-refractivity contribution in [3.63, 3.8) is 0 Å². The van der Waals surface area contributed by atoms with Crippen LogP contribution < -0.4 is 10.6 Å². The van der Waals surface area contributed by atoms with E-state index in [2.05, 4.69) is 43.2 Å². The third kappa shape index (κ3) is 7.91. The van der Waals surface area contributed by atoms with E-state index < -0.39 is 0 Å². The van der Waals surface area contributed by atoms with E-state index in [1.165, 1.54) is 0 Å². The van der Waals surface area contributed by atoms with Crippen LogP contribution in [0.15, 0.2) is 0 Å². The van der Waals surface area contributed by atoms with Gasteiger partial charge in [0.15, 0.2) is 0 Å². The molecule has 0 bridgehead atoms. The van der Waals surface area contributed by atoms with Crippen molar-refractivity contribution in [1.82, 2.24) is 15.5 Å². The molecular weight excluding hydrogens is 226 g/mol. The molecule has 0 fully saturated rings. The molecule has 0 saturated carbocycles. The van der Waals surface area contributed by atoms with Crippen molar-refractivity contribution in [2.45, 2.75) is 39.8 Å². The third-order valence-electron chi connectivity index (χ3n) is 2.36. The average molecular weight is 252 g/mol. The molecule has 98 valence electrons. The number of halogens is 1. The molecule has 0 aromatic rings. The lowest BCUT2D eigenvalue weighted by molar-refractivity contribution is -0.120. The van der Waals surface area contributed by atoms with Crippen LogP contribution >= 0.6 is 12.4 Å². The van der Waals surface area contributed by atoms with E-state index in [-0.39, 0.29) is 18.3 Å². The molecule has 1 amide bonds. The van der Waals surface area contributed by atoms with Crippen LogP contribution in [0.25, 0.3) is 0 Å². The third-order valence-corrected chi connectivity index (χ3v) is 2.36. The molecule has 0 aliphatic rings. The lowest BCUT2D eigenvalue weighted by Crippen LogP contribution is -2.43. The van der Waals surface area contributed by atoms with Crippen molar-refractivity contribution in [3.8, 4) is 0 Å². The van der Waals surface area contributed by atoms with Crippen molar-refractivity contribution in [2.24, 2.45) is 0 Å². The van der Waals surface area contributed by atoms with Crippen LogP contribution in [0.4, 0.5) is 0 Å². The first-order chi connectivity index (χ1) is 6.99. The summed E-state index contributed by atoms with van der Waals surface area (Å²) < 4.78 is 0. The maximum absolute atomic E-state index is 11.2. The van der Waals surface area contributed by atoms with Crippen molar-refractivity contribution >= 4 is 18.3 Å². The normalized spacial score (nSPS) is 10.8. The standard InChI is InChI=1S/C11H25N3O.ClH/c1-9(2)14(10(3)4)7-6-13-11(15)8-12-5;/h9-10,12H,6-8H2,1-5H3,(H,13,15);1H. The van der Waals surface area contributed by atoms with Gasteiger partial charge in [-0.3, -0.25) is 9.69 Å². The zero-order valence-electron chi connectivity index (χ0n) is 11.0. The summed E-state index contributed by atoms with van der Waals surface area (Å²) in [6.45, 7) is 10.7. The first kappa shape index (κ1) is 18.1. The lowest BCUT2D eigenvalue weighted by Gasteiger charge is -2.30. The second-order valence-electron chi connectivity index (χ2n) is 4.31. The molecule has 0 aliphatic heterocycles. The number of nitrogens with one attached hydrogen (secondary N) is 2. The highest BCUT2D eigenvalue weighted by molar-refractivity contribution is 5.85. The van der Waals surface area contributed by atoms with Crippen LogP contribution in [0.3, 0.4) is 0 Å². The van der Waals surface area contributed by atoms with Crippen LogP contribution in [0, 0.1) is 0 Å². The average Bonchev–Trinajstić information content (AvgIpc) is 2.11. The van der Waals surface area contributed by atoms with E-state index in [0.717, 1.165) is 13.1 Å². The van der Waals surface area contributed by atoms with E-state index in [0.29, 0.717) is 18.6 Å². The Bertz CT molecular complexity index is 178. The Balaban J connectivity index is 0. The van der Waals surface area contributed by atoms with Crippen molar-refractivity contribution in [2.75, 3.05) is 26.7 Å². The molecule has 0 unspecified atom stereocenters. The summed E-state index contributed by atoms with van der Waals surface area (Å²) in [5.74, 6) is 0.0602. The Hall–Kier alpha value is -0.320. The van der Waals surface area contributed by atoms with Gasteiger partial charge >= 0.3 is 0 Å². The summed E-state index contributed by atoms with van der Waals surface area (Å²) in [7, 11) is 1.77. The summed E-state index contributed by atoms with van der Waals surface area (Å²) in [5.41, 5.74) is 0. The molecule has 0 saturated heterocycles. The van der Waals surface area contributed by atoms with Gasteiger partial charge < -0.3 is 10.6 Å². The van der Waals surface area contributed by atoms with Gasteiger partial charge in [-0.2, -0.15) is 0 Å². The highest BCUT2D eigenvalue weighted by Gasteiger charge is 2.12. The first-order valence-electron chi connectivity index (χ1n) is 5.66. The Morgan fingerprint density at radius 2 is 1.69 bits per heavy atom. The van der Waals surface area contributed by atoms with Crippen molar-refractivity contribution < 1.29 is 4.79 Å². The Morgan fingerprint density at radius 1 is 1.19 bits per heavy atom. The highest BCUT2D eigenvalue weighted by Crippen LogP contribution is 2.02. The van der Waals surface area contributed by atoms with Crippen molar-refractivity contribution in [1.29, 1.82) is 0 Å². The van der Waals surface area contributed by atoms with Gasteiger partial charge in [-0.1, -0.05) is 0 Å². The SMILES string of the molecule is CNCC(=O)NCCN(C(C)C)C(C)C.Cl. The predicted octanol–water partition coefficient (Wildman–Crippen LogP) is 0.863. The number of hydrogen-bond acceptors (Lipinski definition) is 3. The van der Waals surface area contributed by atoms with Gasteiger partial charge in [0, 0.05) is 25.2 Å². The van der Waals surface area contributed by atoms with Gasteiger partial charge in [-0.15, -0.1) is 12.4 Å². The molecule has 0 radical (unpaired) electrons. The maximum Gasteiger partial charge on any atom is 0.233 e. The fraction of sp³-hybridized carbons (Fsp3) is 0.909. The largest absolute Gasteiger partial charge is 0.354 e. The maximum atomic E-state index is 11.2. The second-order valence-corrected chi connectivity index (χ2v) is 4.31. The van der Waals surface area contributed by atoms with E-state index in [1.807, 2.05) is 0 Å². The fourth-order valence-corrected chi connectivity index (χ4v) is 1.66. The summed E-state index contributed by atoms with van der Waals surface area (Å²) in [6, 6.07) is 1.04. The first-order valence-corrected chi connectivity index (χ1v) is 5.66. The summed E-state index contributed by atoms with van der Waals surface area (Å²) in [6.07, 6.45) is 0. The Morgan fingerprint density at radius 3 is 2.06 bits per heavy atom. The summed E-state index contributed by atoms with van der Waals surface area (Å²) in [4.78, 5) is 13.5. The number of hydrogen-bond donors (Lipinski definition) is 2. The molecule has 16 heavy (non-hydrogen) atoms. The Kier molecular flexibility index (Phi) is 11.1. The molecule has 0 heterocycles. The predicted molar refractivity (Wildman–Crippen MR) is 71.2 cm³/mol. The molecule has 0 aromatic heterocycles. The smallest absolute Gasteiger partial charge is 0.233 e. The van der Waals surface area contributed by atoms with Gasteiger partial charge in [0.2, 0.25) is 5.91 Å². The van der Waals surface area contributed by atoms with Crippen LogP contribution in [0.2, 0.25) is 0 Å². The van der Waals surface area contributed by atoms with E-state index in [9.17, 15) is 4.79 Å². The molecule has 0 aromatic carbocycles. The molecule has 0 aliphatic carbocycles. The van der Waals surface area contributed by atoms with Crippen molar-refractivity contribution in [3.05, 3.63) is 0 Å². The number of rotatable bonds is 7. The van der Waals surface area contributed by atoms with E-state index >= 15 is 0 Å². The van der Waals surface area contributed by atoms with Gasteiger partial charge in [0.05, 0.1) is 6.54 Å². The zero-order valence-corrected chi connectivity index (χ0v) is 11.9. The van der Waals surface area contributed by atoms with Gasteiger partial charge in [0.1, 0.15) is 0 Å². The molecule has 2 N–H and O–H groups in total. The monoisotopic (exact) mass is 251 g/mol. The molecule has 0 atom stereocenters. The van der Waals surface area contributed by atoms with Crippen LogP contribution in [-0.4, -0.2) is 49.6 Å². The minimum absolute atomic E-state index is 0. The topological polar surface area (TPSA) is 44.4 Å². The fourth-order valence-electron chi connectivity index (χ4n) is 1.66. The number of likely N-dealkylation sites (N-methyl/N-ethyl adjacent to an activating group) is 1. The highest BCUT2D eigenvalue weighted by atomic mass is 35.5. The summed E-state index contributed by atoms with van der Waals surface area (Å²) in [5, 5.41) is 5.71. The van der Waals surface area contributed by atoms with Crippen LogP contribution in [0.5, 0.6) is 0 Å². The molecule has 5 heteroatoms. The quantitative estimate of drug-likeness (QED) is 0.706. The number of amides is 1. The summed E-state index contributed by atoms with van der Waals surface area (Å²) >= 11 is 0. The van der Waals surface area contributed by atoms with E-state index in [1.54, 1.807) is 7.05 Å². The van der Waals surface area contributed by atoms with Gasteiger partial charge in [-0.25, -0.2) is 0 Å². The van der Waals surface area contributed by atoms with Gasteiger partial charge in [-0.05, 0) is 34.7 Å². The van der Waals surface area contributed by atoms with E-state index in [4.69, 9.17) is 0 Å². The minimum Gasteiger partial charge on any atom is -0.354 e. The number of carbonyl (C=O) groups is 1. The molecule has 0 spiro atoms.